The summed E-state index contributed by atoms with van der Waals surface area (Å²) in [6.45, 7) is 5.78. The van der Waals surface area contributed by atoms with E-state index < -0.39 is 65.9 Å². The summed E-state index contributed by atoms with van der Waals surface area (Å²) in [7, 11) is 0. The van der Waals surface area contributed by atoms with E-state index in [9.17, 15) is 29.1 Å². The Morgan fingerprint density at radius 1 is 0.933 bits per heavy atom. The summed E-state index contributed by atoms with van der Waals surface area (Å²) in [5, 5.41) is 25.5. The molecule has 0 bridgehead atoms. The van der Waals surface area contributed by atoms with Crippen LogP contribution in [0.1, 0.15) is 40.5 Å². The molecule has 1 heterocycles. The lowest BCUT2D eigenvalue weighted by atomic mass is 10.1. The van der Waals surface area contributed by atoms with Crippen LogP contribution in [-0.4, -0.2) is 87.6 Å². The van der Waals surface area contributed by atoms with Gasteiger partial charge in [-0.05, 0) is 40.5 Å². The van der Waals surface area contributed by atoms with Gasteiger partial charge in [0.2, 0.25) is 23.6 Å². The van der Waals surface area contributed by atoms with Gasteiger partial charge in [0.15, 0.2) is 0 Å². The van der Waals surface area contributed by atoms with Crippen molar-refractivity contribution in [2.24, 2.45) is 5.73 Å². The SMILES string of the molecule is C[C@H](NC(=O)[C@H](C)NC(=O)[C@H](C)NC(=O)[C@@H]1CCCN1C(=O)[C@@H](N)[C@@H](C)O)C(=O)O. The smallest absolute Gasteiger partial charge is 0.325 e. The molecule has 30 heavy (non-hydrogen) atoms. The molecule has 0 unspecified atom stereocenters. The fourth-order valence-electron chi connectivity index (χ4n) is 2.88. The Balaban J connectivity index is 2.64. The third-order valence-electron chi connectivity index (χ3n) is 4.88. The molecule has 0 aromatic rings. The average Bonchev–Trinajstić information content (AvgIpc) is 3.16. The molecule has 1 rings (SSSR count). The standard InChI is InChI=1S/C18H31N5O7/c1-8(15(26)22-10(3)18(29)30)20-14(25)9(2)21-16(27)12-6-5-7-23(12)17(28)13(19)11(4)24/h8-13,24H,5-7,19H2,1-4H3,(H,20,25)(H,21,27)(H,22,26)(H,29,30)/t8-,9-,10-,11+,12-,13-/m0/s1. The van der Waals surface area contributed by atoms with Gasteiger partial charge >= 0.3 is 5.97 Å². The van der Waals surface area contributed by atoms with Crippen molar-refractivity contribution >= 4 is 29.6 Å². The molecular weight excluding hydrogens is 398 g/mol. The molecule has 0 aromatic heterocycles. The predicted molar refractivity (Wildman–Crippen MR) is 105 cm³/mol. The fourth-order valence-corrected chi connectivity index (χ4v) is 2.88. The number of likely N-dealkylation sites (tertiary alicyclic amines) is 1. The Hall–Kier alpha value is -2.73. The zero-order valence-electron chi connectivity index (χ0n) is 17.5. The van der Waals surface area contributed by atoms with E-state index in [0.29, 0.717) is 19.4 Å². The van der Waals surface area contributed by atoms with Gasteiger partial charge in [-0.2, -0.15) is 0 Å². The highest BCUT2D eigenvalue weighted by Gasteiger charge is 2.38. The van der Waals surface area contributed by atoms with Crippen molar-refractivity contribution in [1.29, 1.82) is 0 Å². The summed E-state index contributed by atoms with van der Waals surface area (Å²) in [6.07, 6.45) is -0.0942. The number of carboxylic acid groups (broad SMARTS) is 1. The van der Waals surface area contributed by atoms with Gasteiger partial charge in [0.1, 0.15) is 30.2 Å². The molecular formula is C18H31N5O7. The summed E-state index contributed by atoms with van der Waals surface area (Å²) < 4.78 is 0. The van der Waals surface area contributed by atoms with Crippen molar-refractivity contribution in [3.63, 3.8) is 0 Å². The summed E-state index contributed by atoms with van der Waals surface area (Å²) in [6, 6.07) is -5.10. The van der Waals surface area contributed by atoms with E-state index in [0.717, 1.165) is 0 Å². The third-order valence-corrected chi connectivity index (χ3v) is 4.88. The number of aliphatic carboxylic acids is 1. The summed E-state index contributed by atoms with van der Waals surface area (Å²) in [5.41, 5.74) is 5.68. The third kappa shape index (κ3) is 6.66. The van der Waals surface area contributed by atoms with E-state index in [1.165, 1.54) is 32.6 Å². The highest BCUT2D eigenvalue weighted by atomic mass is 16.4. The number of hydrogen-bond donors (Lipinski definition) is 6. The monoisotopic (exact) mass is 429 g/mol. The van der Waals surface area contributed by atoms with E-state index in [4.69, 9.17) is 10.8 Å². The van der Waals surface area contributed by atoms with Crippen LogP contribution in [0.25, 0.3) is 0 Å². The van der Waals surface area contributed by atoms with Gasteiger partial charge in [0.05, 0.1) is 6.10 Å². The van der Waals surface area contributed by atoms with Crippen molar-refractivity contribution in [2.75, 3.05) is 6.54 Å². The lowest BCUT2D eigenvalue weighted by molar-refractivity contribution is -0.142. The van der Waals surface area contributed by atoms with Gasteiger partial charge in [-0.3, -0.25) is 24.0 Å². The van der Waals surface area contributed by atoms with E-state index in [-0.39, 0.29) is 0 Å². The van der Waals surface area contributed by atoms with Gasteiger partial charge in [-0.25, -0.2) is 0 Å². The molecule has 7 N–H and O–H groups in total. The van der Waals surface area contributed by atoms with Crippen LogP contribution in [0.2, 0.25) is 0 Å². The number of aliphatic hydroxyl groups excluding tert-OH is 1. The number of amides is 4. The molecule has 1 fully saturated rings. The summed E-state index contributed by atoms with van der Waals surface area (Å²) in [5.74, 6) is -3.63. The zero-order valence-corrected chi connectivity index (χ0v) is 17.5. The molecule has 6 atom stereocenters. The number of nitrogens with zero attached hydrogens (tertiary/aromatic N) is 1. The van der Waals surface area contributed by atoms with Crippen molar-refractivity contribution in [2.45, 2.75) is 76.8 Å². The highest BCUT2D eigenvalue weighted by Crippen LogP contribution is 2.19. The van der Waals surface area contributed by atoms with Crippen LogP contribution in [0.15, 0.2) is 0 Å². The molecule has 12 heteroatoms. The molecule has 0 aliphatic carbocycles. The van der Waals surface area contributed by atoms with Crippen LogP contribution in [0.3, 0.4) is 0 Å². The second kappa shape index (κ2) is 10.9. The minimum atomic E-state index is -1.21. The van der Waals surface area contributed by atoms with Crippen LogP contribution in [0, 0.1) is 0 Å². The molecule has 170 valence electrons. The van der Waals surface area contributed by atoms with Gasteiger partial charge in [0.25, 0.3) is 0 Å². The Labute approximate surface area is 174 Å². The van der Waals surface area contributed by atoms with Gasteiger partial charge in [-0.15, -0.1) is 0 Å². The minimum absolute atomic E-state index is 0.316. The maximum absolute atomic E-state index is 12.6. The topological polar surface area (TPSA) is 191 Å². The minimum Gasteiger partial charge on any atom is -0.480 e. The maximum atomic E-state index is 12.6. The predicted octanol–water partition coefficient (Wildman–Crippen LogP) is -2.72. The lowest BCUT2D eigenvalue weighted by Gasteiger charge is -2.28. The van der Waals surface area contributed by atoms with Crippen molar-refractivity contribution in [3.05, 3.63) is 0 Å². The highest BCUT2D eigenvalue weighted by molar-refractivity contribution is 5.95. The number of aliphatic hydroxyl groups is 1. The van der Waals surface area contributed by atoms with Crippen molar-refractivity contribution < 1.29 is 34.2 Å². The van der Waals surface area contributed by atoms with Crippen LogP contribution in [-0.2, 0) is 24.0 Å². The molecule has 0 radical (unpaired) electrons. The molecule has 1 saturated heterocycles. The van der Waals surface area contributed by atoms with Crippen LogP contribution in [0.4, 0.5) is 0 Å². The van der Waals surface area contributed by atoms with Crippen LogP contribution >= 0.6 is 0 Å². The largest absolute Gasteiger partial charge is 0.480 e. The first kappa shape index (κ1) is 25.3. The first-order valence-electron chi connectivity index (χ1n) is 9.74. The Morgan fingerprint density at radius 3 is 1.93 bits per heavy atom. The maximum Gasteiger partial charge on any atom is 0.325 e. The molecule has 1 aliphatic heterocycles. The van der Waals surface area contributed by atoms with E-state index >= 15 is 0 Å². The number of carbonyl (C=O) groups is 5. The van der Waals surface area contributed by atoms with Crippen LogP contribution in [0.5, 0.6) is 0 Å². The second-order valence-corrected chi connectivity index (χ2v) is 7.49. The lowest BCUT2D eigenvalue weighted by Crippen LogP contribution is -2.57. The molecule has 1 aliphatic rings. The fraction of sp³-hybridized carbons (Fsp3) is 0.722. The number of carbonyl (C=O) groups excluding carboxylic acids is 4. The second-order valence-electron chi connectivity index (χ2n) is 7.49. The molecule has 0 saturated carbocycles. The van der Waals surface area contributed by atoms with E-state index in [1.807, 2.05) is 0 Å². The van der Waals surface area contributed by atoms with Gasteiger partial charge < -0.3 is 36.8 Å². The van der Waals surface area contributed by atoms with E-state index in [1.54, 1.807) is 0 Å². The zero-order chi connectivity index (χ0) is 23.2. The van der Waals surface area contributed by atoms with E-state index in [2.05, 4.69) is 16.0 Å². The number of carboxylic acids is 1. The van der Waals surface area contributed by atoms with Gasteiger partial charge in [0, 0.05) is 6.54 Å². The average molecular weight is 429 g/mol. The number of hydrogen-bond acceptors (Lipinski definition) is 7. The van der Waals surface area contributed by atoms with Crippen molar-refractivity contribution in [3.8, 4) is 0 Å². The summed E-state index contributed by atoms with van der Waals surface area (Å²) in [4.78, 5) is 61.2. The first-order chi connectivity index (χ1) is 13.9. The van der Waals surface area contributed by atoms with Crippen molar-refractivity contribution in [1.82, 2.24) is 20.9 Å². The quantitative estimate of drug-likeness (QED) is 0.228. The van der Waals surface area contributed by atoms with Gasteiger partial charge in [-0.1, -0.05) is 0 Å². The molecule has 4 amide bonds. The first-order valence-corrected chi connectivity index (χ1v) is 9.74. The number of nitrogens with two attached hydrogens (primary N) is 1. The van der Waals surface area contributed by atoms with Crippen LogP contribution < -0.4 is 21.7 Å². The molecule has 0 spiro atoms. The Bertz CT molecular complexity index is 684. The molecule has 12 nitrogen and oxygen atoms in total. The summed E-state index contributed by atoms with van der Waals surface area (Å²) >= 11 is 0. The Kier molecular flexibility index (Phi) is 9.18. The normalized spacial score (nSPS) is 21.0. The Morgan fingerprint density at radius 2 is 1.43 bits per heavy atom. The number of nitrogens with one attached hydrogen (secondary N) is 3. The number of rotatable bonds is 9. The molecule has 0 aromatic carbocycles.